The molecule has 1 aromatic heterocycles. The van der Waals surface area contributed by atoms with E-state index in [0.29, 0.717) is 13.1 Å². The van der Waals surface area contributed by atoms with Crippen molar-refractivity contribution in [3.05, 3.63) is 66.6 Å². The van der Waals surface area contributed by atoms with E-state index in [1.807, 2.05) is 48.6 Å². The summed E-state index contributed by atoms with van der Waals surface area (Å²) in [6.07, 6.45) is 5.11. The molecule has 6 nitrogen and oxygen atoms in total. The number of carbonyl (C=O) groups is 2. The minimum Gasteiger partial charge on any atom is -0.467 e. The number of carbonyl (C=O) groups excluding carboxylic acids is 2. The van der Waals surface area contributed by atoms with Crippen LogP contribution in [0.15, 0.2) is 65.3 Å². The highest BCUT2D eigenvalue weighted by atomic mass is 16.5. The Labute approximate surface area is 150 Å². The first-order chi connectivity index (χ1) is 12.7. The van der Waals surface area contributed by atoms with Gasteiger partial charge in [-0.25, -0.2) is 0 Å². The molecule has 1 aromatic carbocycles. The fraction of sp³-hybridized carbons (Fsp3) is 0.300. The molecular weight excluding hydrogens is 332 g/mol. The Morgan fingerprint density at radius 1 is 1.23 bits per heavy atom. The number of rotatable bonds is 4. The molecule has 5 rings (SSSR count). The lowest BCUT2D eigenvalue weighted by Gasteiger charge is -2.23. The average molecular weight is 350 g/mol. The maximum Gasteiger partial charge on any atom is 0.231 e. The van der Waals surface area contributed by atoms with Gasteiger partial charge in [0, 0.05) is 5.69 Å². The lowest BCUT2D eigenvalue weighted by atomic mass is 9.77. The normalized spacial score (nSPS) is 31.5. The van der Waals surface area contributed by atoms with Gasteiger partial charge in [0.2, 0.25) is 11.8 Å². The van der Waals surface area contributed by atoms with E-state index in [9.17, 15) is 9.59 Å². The van der Waals surface area contributed by atoms with Gasteiger partial charge in [0.1, 0.15) is 11.4 Å². The highest BCUT2D eigenvalue weighted by Gasteiger charge is 2.66. The van der Waals surface area contributed by atoms with E-state index >= 15 is 0 Å². The summed E-state index contributed by atoms with van der Waals surface area (Å²) in [6, 6.07) is 12.9. The van der Waals surface area contributed by atoms with E-state index in [1.165, 1.54) is 0 Å². The van der Waals surface area contributed by atoms with Gasteiger partial charge in [0.25, 0.3) is 0 Å². The maximum absolute atomic E-state index is 13.1. The van der Waals surface area contributed by atoms with Crippen molar-refractivity contribution in [2.24, 2.45) is 11.8 Å². The average Bonchev–Trinajstić information content (AvgIpc) is 3.39. The lowest BCUT2D eigenvalue weighted by Crippen LogP contribution is -2.41. The summed E-state index contributed by atoms with van der Waals surface area (Å²) in [5.74, 6) is -0.517. The number of likely N-dealkylation sites (tertiary alicyclic amines) is 1. The molecule has 0 unspecified atom stereocenters. The molecule has 2 saturated heterocycles. The van der Waals surface area contributed by atoms with E-state index in [0.717, 1.165) is 11.4 Å². The number of para-hydroxylation sites is 1. The fourth-order valence-electron chi connectivity index (χ4n) is 4.35. The second kappa shape index (κ2) is 5.57. The third kappa shape index (κ3) is 2.22. The molecule has 4 atom stereocenters. The predicted octanol–water partition coefficient (Wildman–Crippen LogP) is 2.20. The Morgan fingerprint density at radius 3 is 2.85 bits per heavy atom. The Hall–Kier alpha value is -2.86. The third-order valence-corrected chi connectivity index (χ3v) is 5.45. The molecule has 2 fully saturated rings. The van der Waals surface area contributed by atoms with Crippen molar-refractivity contribution in [2.75, 3.05) is 11.9 Å². The number of hydrogen-bond acceptors (Lipinski definition) is 4. The van der Waals surface area contributed by atoms with Crippen LogP contribution >= 0.6 is 0 Å². The quantitative estimate of drug-likeness (QED) is 0.858. The monoisotopic (exact) mass is 350 g/mol. The van der Waals surface area contributed by atoms with Crippen molar-refractivity contribution in [2.45, 2.75) is 18.2 Å². The van der Waals surface area contributed by atoms with Crippen LogP contribution in [0.1, 0.15) is 5.76 Å². The summed E-state index contributed by atoms with van der Waals surface area (Å²) in [5.41, 5.74) is 0.0173. The van der Waals surface area contributed by atoms with Crippen molar-refractivity contribution >= 4 is 17.5 Å². The Morgan fingerprint density at radius 2 is 2.08 bits per heavy atom. The fourth-order valence-corrected chi connectivity index (χ4v) is 4.35. The number of nitrogens with zero attached hydrogens (tertiary/aromatic N) is 1. The van der Waals surface area contributed by atoms with Gasteiger partial charge in [0.15, 0.2) is 0 Å². The molecule has 26 heavy (non-hydrogen) atoms. The molecule has 1 spiro atoms. The Bertz CT molecular complexity index is 876. The van der Waals surface area contributed by atoms with Crippen LogP contribution in [0.3, 0.4) is 0 Å². The van der Waals surface area contributed by atoms with E-state index in [-0.39, 0.29) is 17.9 Å². The van der Waals surface area contributed by atoms with Crippen LogP contribution in [-0.2, 0) is 20.9 Å². The van der Waals surface area contributed by atoms with Crippen molar-refractivity contribution in [3.8, 4) is 0 Å². The van der Waals surface area contributed by atoms with Gasteiger partial charge in [-0.2, -0.15) is 0 Å². The second-order valence-corrected chi connectivity index (χ2v) is 7.03. The number of hydrogen-bond donors (Lipinski definition) is 1. The smallest absolute Gasteiger partial charge is 0.231 e. The zero-order chi connectivity index (χ0) is 17.7. The molecule has 6 heteroatoms. The standard InChI is InChI=1S/C20H18N2O4/c23-18(21-13-5-2-1-3-6-13)16-15-8-9-20(26-15)12-22(19(24)17(16)20)11-14-7-4-10-25-14/h1-10,15-17H,11-12H2,(H,21,23)/t15-,16+,17+,20+/m0/s1. The number of fused-ring (bicyclic) bond motifs is 1. The SMILES string of the molecule is O=C(Nc1ccccc1)[C@@H]1[C@@H]2C=C[C@]3(CN(Cc4ccco4)C(=O)[C@@H]13)O2. The summed E-state index contributed by atoms with van der Waals surface area (Å²) in [5, 5.41) is 2.92. The topological polar surface area (TPSA) is 71.8 Å². The summed E-state index contributed by atoms with van der Waals surface area (Å²) >= 11 is 0. The van der Waals surface area contributed by atoms with Crippen molar-refractivity contribution in [1.29, 1.82) is 0 Å². The molecular formula is C20H18N2O4. The molecule has 1 N–H and O–H groups in total. The maximum atomic E-state index is 13.1. The second-order valence-electron chi connectivity index (χ2n) is 7.03. The van der Waals surface area contributed by atoms with Gasteiger partial charge in [-0.3, -0.25) is 9.59 Å². The van der Waals surface area contributed by atoms with Crippen molar-refractivity contribution in [1.82, 2.24) is 4.90 Å². The van der Waals surface area contributed by atoms with Gasteiger partial charge < -0.3 is 19.4 Å². The molecule has 2 aromatic rings. The molecule has 0 saturated carbocycles. The molecule has 0 radical (unpaired) electrons. The van der Waals surface area contributed by atoms with E-state index < -0.39 is 17.4 Å². The molecule has 132 valence electrons. The summed E-state index contributed by atoms with van der Waals surface area (Å²) in [7, 11) is 0. The zero-order valence-electron chi connectivity index (χ0n) is 14.0. The van der Waals surface area contributed by atoms with Gasteiger partial charge in [-0.15, -0.1) is 0 Å². The third-order valence-electron chi connectivity index (χ3n) is 5.45. The molecule has 2 amide bonds. The number of amides is 2. The number of furan rings is 1. The van der Waals surface area contributed by atoms with Gasteiger partial charge in [-0.1, -0.05) is 30.4 Å². The minimum atomic E-state index is -0.701. The molecule has 0 aliphatic carbocycles. The number of nitrogens with one attached hydrogen (secondary N) is 1. The van der Waals surface area contributed by atoms with Gasteiger partial charge in [-0.05, 0) is 24.3 Å². The largest absolute Gasteiger partial charge is 0.467 e. The van der Waals surface area contributed by atoms with Crippen LogP contribution in [0.4, 0.5) is 5.69 Å². The highest BCUT2D eigenvalue weighted by Crippen LogP contribution is 2.52. The summed E-state index contributed by atoms with van der Waals surface area (Å²) in [6.45, 7) is 0.832. The first kappa shape index (κ1) is 15.4. The zero-order valence-corrected chi connectivity index (χ0v) is 14.0. The van der Waals surface area contributed by atoms with Gasteiger partial charge >= 0.3 is 0 Å². The van der Waals surface area contributed by atoms with Crippen LogP contribution < -0.4 is 5.32 Å². The molecule has 3 aliphatic heterocycles. The van der Waals surface area contributed by atoms with Crippen LogP contribution in [0.25, 0.3) is 0 Å². The Balaban J connectivity index is 1.40. The van der Waals surface area contributed by atoms with Crippen molar-refractivity contribution < 1.29 is 18.7 Å². The number of ether oxygens (including phenoxy) is 1. The number of benzene rings is 1. The van der Waals surface area contributed by atoms with Crippen molar-refractivity contribution in [3.63, 3.8) is 0 Å². The highest BCUT2D eigenvalue weighted by molar-refractivity contribution is 5.99. The van der Waals surface area contributed by atoms with Crippen LogP contribution in [0.2, 0.25) is 0 Å². The van der Waals surface area contributed by atoms with Crippen LogP contribution in [0.5, 0.6) is 0 Å². The first-order valence-electron chi connectivity index (χ1n) is 8.71. The van der Waals surface area contributed by atoms with Crippen LogP contribution in [-0.4, -0.2) is 35.0 Å². The molecule has 4 heterocycles. The number of anilines is 1. The lowest BCUT2D eigenvalue weighted by molar-refractivity contribution is -0.136. The Kier molecular flexibility index (Phi) is 3.30. The summed E-state index contributed by atoms with van der Waals surface area (Å²) < 4.78 is 11.5. The van der Waals surface area contributed by atoms with E-state index in [4.69, 9.17) is 9.15 Å². The molecule has 3 aliphatic rings. The van der Waals surface area contributed by atoms with Gasteiger partial charge in [0.05, 0.1) is 37.3 Å². The summed E-state index contributed by atoms with van der Waals surface area (Å²) in [4.78, 5) is 27.7. The first-order valence-corrected chi connectivity index (χ1v) is 8.71. The van der Waals surface area contributed by atoms with E-state index in [2.05, 4.69) is 5.32 Å². The van der Waals surface area contributed by atoms with E-state index in [1.54, 1.807) is 17.2 Å². The van der Waals surface area contributed by atoms with Crippen LogP contribution in [0, 0.1) is 11.8 Å². The molecule has 2 bridgehead atoms. The predicted molar refractivity (Wildman–Crippen MR) is 92.9 cm³/mol. The minimum absolute atomic E-state index is 0.0542.